The van der Waals surface area contributed by atoms with Gasteiger partial charge in [0.1, 0.15) is 17.3 Å². The number of hydrogen-bond acceptors (Lipinski definition) is 4. The van der Waals surface area contributed by atoms with E-state index >= 15 is 0 Å². The second-order valence-electron chi connectivity index (χ2n) is 4.46. The molecular weight excluding hydrogens is 228 g/mol. The maximum absolute atomic E-state index is 9.38. The van der Waals surface area contributed by atoms with Crippen molar-refractivity contribution < 1.29 is 9.84 Å². The molecule has 0 unspecified atom stereocenters. The Hall–Kier alpha value is -2.10. The van der Waals surface area contributed by atoms with Crippen LogP contribution in [0.3, 0.4) is 0 Å². The number of aromatic nitrogens is 2. The summed E-state index contributed by atoms with van der Waals surface area (Å²) in [5.41, 5.74) is 0.865. The molecule has 0 saturated carbocycles. The minimum absolute atomic E-state index is 0.169. The van der Waals surface area contributed by atoms with Crippen molar-refractivity contribution in [2.24, 2.45) is 0 Å². The Labute approximate surface area is 106 Å². The number of hydrogen-bond donors (Lipinski definition) is 1. The van der Waals surface area contributed by atoms with Crippen molar-refractivity contribution in [3.63, 3.8) is 0 Å². The van der Waals surface area contributed by atoms with Gasteiger partial charge in [0.05, 0.1) is 0 Å². The van der Waals surface area contributed by atoms with Crippen LogP contribution in [0.4, 0.5) is 0 Å². The monoisotopic (exact) mass is 244 g/mol. The maximum atomic E-state index is 9.38. The quantitative estimate of drug-likeness (QED) is 0.899. The van der Waals surface area contributed by atoms with Gasteiger partial charge in [-0.1, -0.05) is 19.9 Å². The van der Waals surface area contributed by atoms with Gasteiger partial charge in [-0.15, -0.1) is 0 Å². The van der Waals surface area contributed by atoms with Crippen molar-refractivity contribution in [2.75, 3.05) is 0 Å². The third-order valence-corrected chi connectivity index (χ3v) is 2.40. The van der Waals surface area contributed by atoms with E-state index in [1.165, 1.54) is 0 Å². The fourth-order valence-electron chi connectivity index (χ4n) is 1.54. The SMILES string of the molecule is Cc1cc(Oc2cccc(O)c2)nc(C(C)C)n1. The smallest absolute Gasteiger partial charge is 0.222 e. The second-order valence-corrected chi connectivity index (χ2v) is 4.46. The Morgan fingerprint density at radius 2 is 1.94 bits per heavy atom. The third kappa shape index (κ3) is 2.97. The van der Waals surface area contributed by atoms with Crippen molar-refractivity contribution in [1.82, 2.24) is 9.97 Å². The van der Waals surface area contributed by atoms with Crippen molar-refractivity contribution in [3.05, 3.63) is 41.9 Å². The molecule has 0 amide bonds. The first-order chi connectivity index (χ1) is 8.54. The topological polar surface area (TPSA) is 55.2 Å². The Morgan fingerprint density at radius 1 is 1.17 bits per heavy atom. The van der Waals surface area contributed by atoms with Crippen LogP contribution in [0.15, 0.2) is 30.3 Å². The third-order valence-electron chi connectivity index (χ3n) is 2.40. The van der Waals surface area contributed by atoms with Crippen molar-refractivity contribution in [1.29, 1.82) is 0 Å². The molecule has 0 fully saturated rings. The van der Waals surface area contributed by atoms with Gasteiger partial charge in [0.25, 0.3) is 0 Å². The van der Waals surface area contributed by atoms with E-state index in [2.05, 4.69) is 9.97 Å². The second kappa shape index (κ2) is 5.04. The first kappa shape index (κ1) is 12.4. The number of benzene rings is 1. The number of rotatable bonds is 3. The number of phenolic OH excluding ortho intramolecular Hbond substituents is 1. The van der Waals surface area contributed by atoms with Crippen LogP contribution in [0.5, 0.6) is 17.4 Å². The number of ether oxygens (including phenoxy) is 1. The Kier molecular flexibility index (Phi) is 3.46. The van der Waals surface area contributed by atoms with E-state index in [9.17, 15) is 5.11 Å². The first-order valence-corrected chi connectivity index (χ1v) is 5.87. The summed E-state index contributed by atoms with van der Waals surface area (Å²) in [6, 6.07) is 8.41. The Morgan fingerprint density at radius 3 is 2.61 bits per heavy atom. The zero-order valence-corrected chi connectivity index (χ0v) is 10.7. The molecule has 1 aromatic carbocycles. The molecule has 0 atom stereocenters. The van der Waals surface area contributed by atoms with E-state index in [4.69, 9.17) is 4.74 Å². The summed E-state index contributed by atoms with van der Waals surface area (Å²) in [6.07, 6.45) is 0. The van der Waals surface area contributed by atoms with Crippen molar-refractivity contribution in [3.8, 4) is 17.4 Å². The molecule has 1 aromatic heterocycles. The molecule has 2 aromatic rings. The average Bonchev–Trinajstić information content (AvgIpc) is 2.28. The average molecular weight is 244 g/mol. The highest BCUT2D eigenvalue weighted by atomic mass is 16.5. The van der Waals surface area contributed by atoms with Crippen LogP contribution in [-0.4, -0.2) is 15.1 Å². The van der Waals surface area contributed by atoms with Crippen molar-refractivity contribution >= 4 is 0 Å². The summed E-state index contributed by atoms with van der Waals surface area (Å²) >= 11 is 0. The van der Waals surface area contributed by atoms with E-state index in [-0.39, 0.29) is 11.7 Å². The van der Waals surface area contributed by atoms with Crippen LogP contribution < -0.4 is 4.74 Å². The number of phenols is 1. The van der Waals surface area contributed by atoms with Crippen LogP contribution in [0.2, 0.25) is 0 Å². The van der Waals surface area contributed by atoms with Crippen LogP contribution in [0.1, 0.15) is 31.3 Å². The minimum Gasteiger partial charge on any atom is -0.508 e. The lowest BCUT2D eigenvalue weighted by atomic mass is 10.2. The van der Waals surface area contributed by atoms with Crippen LogP contribution in [-0.2, 0) is 0 Å². The van der Waals surface area contributed by atoms with Crippen LogP contribution in [0, 0.1) is 6.92 Å². The predicted molar refractivity (Wildman–Crippen MR) is 69.0 cm³/mol. The molecule has 94 valence electrons. The molecule has 4 heteroatoms. The molecule has 4 nitrogen and oxygen atoms in total. The van der Waals surface area contributed by atoms with Gasteiger partial charge in [-0.05, 0) is 19.1 Å². The highest BCUT2D eigenvalue weighted by Crippen LogP contribution is 2.24. The van der Waals surface area contributed by atoms with Gasteiger partial charge in [0.15, 0.2) is 0 Å². The Bertz CT molecular complexity index is 553. The summed E-state index contributed by atoms with van der Waals surface area (Å²) in [5, 5.41) is 9.38. The summed E-state index contributed by atoms with van der Waals surface area (Å²) < 4.78 is 5.62. The first-order valence-electron chi connectivity index (χ1n) is 5.87. The van der Waals surface area contributed by atoms with Gasteiger partial charge < -0.3 is 9.84 Å². The van der Waals surface area contributed by atoms with Gasteiger partial charge in [-0.2, -0.15) is 4.98 Å². The lowest BCUT2D eigenvalue weighted by Crippen LogP contribution is -2.01. The molecule has 1 N–H and O–H groups in total. The highest BCUT2D eigenvalue weighted by molar-refractivity contribution is 5.34. The highest BCUT2D eigenvalue weighted by Gasteiger charge is 2.07. The molecule has 1 heterocycles. The van der Waals surface area contributed by atoms with E-state index < -0.39 is 0 Å². The van der Waals surface area contributed by atoms with E-state index in [0.29, 0.717) is 11.6 Å². The Balaban J connectivity index is 2.29. The fourth-order valence-corrected chi connectivity index (χ4v) is 1.54. The molecular formula is C14H16N2O2. The molecule has 0 radical (unpaired) electrons. The van der Waals surface area contributed by atoms with Gasteiger partial charge in [0.2, 0.25) is 5.88 Å². The molecule has 0 saturated heterocycles. The summed E-state index contributed by atoms with van der Waals surface area (Å²) in [5.74, 6) is 2.23. The largest absolute Gasteiger partial charge is 0.508 e. The number of nitrogens with zero attached hydrogens (tertiary/aromatic N) is 2. The van der Waals surface area contributed by atoms with Gasteiger partial charge >= 0.3 is 0 Å². The van der Waals surface area contributed by atoms with E-state index in [0.717, 1.165) is 11.5 Å². The van der Waals surface area contributed by atoms with Gasteiger partial charge in [-0.25, -0.2) is 4.98 Å². The summed E-state index contributed by atoms with van der Waals surface area (Å²) in [6.45, 7) is 5.97. The van der Waals surface area contributed by atoms with Gasteiger partial charge in [0, 0.05) is 23.7 Å². The lowest BCUT2D eigenvalue weighted by Gasteiger charge is -2.09. The summed E-state index contributed by atoms with van der Waals surface area (Å²) in [7, 11) is 0. The van der Waals surface area contributed by atoms with Gasteiger partial charge in [-0.3, -0.25) is 0 Å². The van der Waals surface area contributed by atoms with E-state index in [1.807, 2.05) is 20.8 Å². The van der Waals surface area contributed by atoms with Crippen LogP contribution >= 0.6 is 0 Å². The maximum Gasteiger partial charge on any atom is 0.222 e. The lowest BCUT2D eigenvalue weighted by molar-refractivity contribution is 0.441. The normalized spacial score (nSPS) is 10.7. The molecule has 0 aliphatic heterocycles. The molecule has 2 rings (SSSR count). The molecule has 0 aliphatic carbocycles. The fraction of sp³-hybridized carbons (Fsp3) is 0.286. The standard InChI is InChI=1S/C14H16N2O2/c1-9(2)14-15-10(3)7-13(16-14)18-12-6-4-5-11(17)8-12/h4-9,17H,1-3H3. The molecule has 18 heavy (non-hydrogen) atoms. The number of aryl methyl sites for hydroxylation is 1. The zero-order valence-electron chi connectivity index (χ0n) is 10.7. The van der Waals surface area contributed by atoms with E-state index in [1.54, 1.807) is 30.3 Å². The number of aromatic hydroxyl groups is 1. The predicted octanol–water partition coefficient (Wildman–Crippen LogP) is 3.41. The molecule has 0 aliphatic rings. The van der Waals surface area contributed by atoms with Crippen molar-refractivity contribution in [2.45, 2.75) is 26.7 Å². The summed E-state index contributed by atoms with van der Waals surface area (Å²) in [4.78, 5) is 8.70. The zero-order chi connectivity index (χ0) is 13.1. The van der Waals surface area contributed by atoms with Crippen LogP contribution in [0.25, 0.3) is 0 Å². The minimum atomic E-state index is 0.169. The molecule has 0 spiro atoms. The molecule has 0 bridgehead atoms.